The van der Waals surface area contributed by atoms with E-state index in [1.54, 1.807) is 12.4 Å². The van der Waals surface area contributed by atoms with E-state index in [4.69, 9.17) is 14.0 Å². The molecule has 0 radical (unpaired) electrons. The summed E-state index contributed by atoms with van der Waals surface area (Å²) >= 11 is 0. The summed E-state index contributed by atoms with van der Waals surface area (Å²) in [7, 11) is -0.507. The number of nitrogens with zero attached hydrogens (tertiary/aromatic N) is 4. The molecule has 40 heavy (non-hydrogen) atoms. The highest BCUT2D eigenvalue weighted by Crippen LogP contribution is 2.36. The average molecular weight is 560 g/mol. The molecule has 0 spiro atoms. The van der Waals surface area contributed by atoms with Gasteiger partial charge in [0.1, 0.15) is 11.6 Å². The number of ether oxygens (including phenoxy) is 1. The molecule has 1 N–H and O–H groups in total. The minimum Gasteiger partial charge on any atom is -0.444 e. The van der Waals surface area contributed by atoms with Gasteiger partial charge in [0, 0.05) is 43.5 Å². The minimum atomic E-state index is -0.638. The number of hydrogen-bond acceptors (Lipinski definition) is 8. The molecule has 10 nitrogen and oxygen atoms in total. The van der Waals surface area contributed by atoms with Crippen molar-refractivity contribution in [3.05, 3.63) is 12.4 Å². The molecule has 0 aromatic carbocycles. The van der Waals surface area contributed by atoms with Crippen molar-refractivity contribution >= 4 is 30.5 Å². The Bertz CT molecular complexity index is 1010. The van der Waals surface area contributed by atoms with Crippen molar-refractivity contribution in [2.75, 3.05) is 24.5 Å². The third-order valence-electron chi connectivity index (χ3n) is 7.95. The van der Waals surface area contributed by atoms with Gasteiger partial charge in [0.2, 0.25) is 11.9 Å². The monoisotopic (exact) mass is 559 g/mol. The lowest BCUT2D eigenvalue weighted by Gasteiger charge is -2.39. The van der Waals surface area contributed by atoms with Crippen molar-refractivity contribution < 1.29 is 23.6 Å². The molecule has 3 heterocycles. The second kappa shape index (κ2) is 12.2. The number of carbonyl (C=O) groups is 2. The van der Waals surface area contributed by atoms with Crippen molar-refractivity contribution in [2.45, 2.75) is 118 Å². The number of anilines is 1. The molecule has 0 aliphatic carbocycles. The first-order valence-electron chi connectivity index (χ1n) is 14.6. The largest absolute Gasteiger partial charge is 0.498 e. The number of alkyl carbamates (subject to hydrolysis) is 1. The summed E-state index contributed by atoms with van der Waals surface area (Å²) in [4.78, 5) is 39.4. The lowest BCUT2D eigenvalue weighted by molar-refractivity contribution is -0.136. The van der Waals surface area contributed by atoms with Gasteiger partial charge in [-0.15, -0.1) is 0 Å². The fourth-order valence-electron chi connectivity index (χ4n) is 4.94. The van der Waals surface area contributed by atoms with E-state index in [-0.39, 0.29) is 23.8 Å². The Morgan fingerprint density at radius 2 is 1.70 bits per heavy atom. The third-order valence-corrected chi connectivity index (χ3v) is 7.95. The highest BCUT2D eigenvalue weighted by molar-refractivity contribution is 6.61. The van der Waals surface area contributed by atoms with E-state index in [2.05, 4.69) is 34.0 Å². The van der Waals surface area contributed by atoms with Crippen molar-refractivity contribution in [3.63, 3.8) is 0 Å². The Kier molecular flexibility index (Phi) is 9.82. The van der Waals surface area contributed by atoms with E-state index in [9.17, 15) is 9.59 Å². The van der Waals surface area contributed by atoms with Crippen LogP contribution in [-0.2, 0) is 18.8 Å². The van der Waals surface area contributed by atoms with Crippen LogP contribution in [-0.4, -0.2) is 82.5 Å². The molecule has 2 amide bonds. The van der Waals surface area contributed by atoms with Gasteiger partial charge < -0.3 is 29.2 Å². The minimum absolute atomic E-state index is 0.0651. The zero-order chi connectivity index (χ0) is 30.0. The number of aromatic nitrogens is 2. The Labute approximate surface area is 241 Å². The van der Waals surface area contributed by atoms with Crippen molar-refractivity contribution in [1.82, 2.24) is 20.2 Å². The Morgan fingerprint density at radius 1 is 1.12 bits per heavy atom. The van der Waals surface area contributed by atoms with Gasteiger partial charge in [-0.25, -0.2) is 14.8 Å². The molecule has 1 aromatic heterocycles. The van der Waals surface area contributed by atoms with Crippen LogP contribution in [0.5, 0.6) is 0 Å². The fraction of sp³-hybridized carbons (Fsp3) is 0.793. The number of piperidine rings is 1. The van der Waals surface area contributed by atoms with Crippen molar-refractivity contribution in [2.24, 2.45) is 11.8 Å². The molecular formula is C29H50BN5O5. The molecule has 2 saturated heterocycles. The zero-order valence-corrected chi connectivity index (χ0v) is 26.4. The predicted molar refractivity (Wildman–Crippen MR) is 158 cm³/mol. The third kappa shape index (κ3) is 7.87. The topological polar surface area (TPSA) is 106 Å². The molecule has 11 heteroatoms. The Morgan fingerprint density at radius 3 is 2.20 bits per heavy atom. The van der Waals surface area contributed by atoms with Gasteiger partial charge >= 0.3 is 13.2 Å². The molecule has 1 aromatic rings. The highest BCUT2D eigenvalue weighted by Gasteiger charge is 2.52. The van der Waals surface area contributed by atoms with E-state index >= 15 is 0 Å². The SMILES string of the molecule is CC(C)[C@H](NC(=O)OC(C)(C)C)C(=O)N1CCC[C@H](CN(c2ncc(B3OC(C)(C)C(C)(C)O3)cn2)C(C)C)C1. The van der Waals surface area contributed by atoms with Crippen LogP contribution in [0.15, 0.2) is 12.4 Å². The zero-order valence-electron chi connectivity index (χ0n) is 26.4. The molecule has 2 aliphatic rings. The number of carbonyl (C=O) groups excluding carboxylic acids is 2. The molecule has 2 aliphatic heterocycles. The summed E-state index contributed by atoms with van der Waals surface area (Å²) < 4.78 is 17.7. The van der Waals surface area contributed by atoms with E-state index in [1.165, 1.54) is 0 Å². The van der Waals surface area contributed by atoms with E-state index in [0.717, 1.165) is 24.8 Å². The smallest absolute Gasteiger partial charge is 0.444 e. The first kappa shape index (κ1) is 32.1. The van der Waals surface area contributed by atoms with E-state index < -0.39 is 36.1 Å². The van der Waals surface area contributed by atoms with Crippen LogP contribution in [0.2, 0.25) is 0 Å². The number of nitrogens with one attached hydrogen (secondary N) is 1. The molecular weight excluding hydrogens is 509 g/mol. The van der Waals surface area contributed by atoms with Gasteiger partial charge in [0.05, 0.1) is 11.2 Å². The van der Waals surface area contributed by atoms with Gasteiger partial charge in [0.25, 0.3) is 0 Å². The maximum absolute atomic E-state index is 13.5. The second-order valence-corrected chi connectivity index (χ2v) is 13.8. The first-order chi connectivity index (χ1) is 18.4. The summed E-state index contributed by atoms with van der Waals surface area (Å²) in [5, 5.41) is 2.80. The number of amides is 2. The van der Waals surface area contributed by atoms with Crippen LogP contribution in [0.3, 0.4) is 0 Å². The fourth-order valence-corrected chi connectivity index (χ4v) is 4.94. The molecule has 0 bridgehead atoms. The van der Waals surface area contributed by atoms with Gasteiger partial charge in [0.15, 0.2) is 0 Å². The normalized spacial score (nSPS) is 21.5. The van der Waals surface area contributed by atoms with E-state index in [1.807, 2.05) is 67.2 Å². The van der Waals surface area contributed by atoms with Crippen LogP contribution in [0.1, 0.15) is 89.0 Å². The number of likely N-dealkylation sites (tertiary alicyclic amines) is 1. The number of hydrogen-bond donors (Lipinski definition) is 1. The quantitative estimate of drug-likeness (QED) is 0.480. The first-order valence-corrected chi connectivity index (χ1v) is 14.6. The maximum atomic E-state index is 13.5. The Hall–Kier alpha value is -2.40. The summed E-state index contributed by atoms with van der Waals surface area (Å²) in [6.07, 6.45) is 4.91. The molecule has 2 atom stereocenters. The lowest BCUT2D eigenvalue weighted by Crippen LogP contribution is -2.55. The molecule has 224 valence electrons. The maximum Gasteiger partial charge on any atom is 0.498 e. The molecule has 3 rings (SSSR count). The van der Waals surface area contributed by atoms with Gasteiger partial charge in [-0.2, -0.15) is 0 Å². The van der Waals surface area contributed by atoms with Crippen molar-refractivity contribution in [3.8, 4) is 0 Å². The van der Waals surface area contributed by atoms with Crippen LogP contribution in [0, 0.1) is 11.8 Å². The molecule has 0 unspecified atom stereocenters. The summed E-state index contributed by atoms with van der Waals surface area (Å²) in [6, 6.07) is -0.466. The van der Waals surface area contributed by atoms with Crippen LogP contribution >= 0.6 is 0 Å². The number of rotatable bonds is 8. The summed E-state index contributed by atoms with van der Waals surface area (Å²) in [5.41, 5.74) is -0.698. The van der Waals surface area contributed by atoms with Gasteiger partial charge in [-0.1, -0.05) is 13.8 Å². The summed E-state index contributed by atoms with van der Waals surface area (Å²) in [5.74, 6) is 0.763. The van der Waals surface area contributed by atoms with Crippen LogP contribution in [0.25, 0.3) is 0 Å². The standard InChI is InChI=1S/C29H50BN5O5/c1-19(2)23(33-26(37)38-27(5,6)7)24(36)34-14-12-13-21(17-34)18-35(20(3)4)25-31-15-22(16-32-25)30-39-28(8,9)29(10,11)40-30/h15-16,19-21,23H,12-14,17-18H2,1-11H3,(H,33,37)/t21-,23-/m0/s1. The lowest BCUT2D eigenvalue weighted by atomic mass is 9.81. The predicted octanol–water partition coefficient (Wildman–Crippen LogP) is 3.78. The van der Waals surface area contributed by atoms with E-state index in [0.29, 0.717) is 19.0 Å². The van der Waals surface area contributed by atoms with Crippen LogP contribution in [0.4, 0.5) is 10.7 Å². The Balaban J connectivity index is 1.66. The van der Waals surface area contributed by atoms with Gasteiger partial charge in [-0.05, 0) is 87.0 Å². The van der Waals surface area contributed by atoms with Crippen LogP contribution < -0.4 is 15.7 Å². The highest BCUT2D eigenvalue weighted by atomic mass is 16.7. The average Bonchev–Trinajstić information content (AvgIpc) is 3.06. The second-order valence-electron chi connectivity index (χ2n) is 13.8. The molecule has 2 fully saturated rings. The summed E-state index contributed by atoms with van der Waals surface area (Å²) in [6.45, 7) is 23.7. The van der Waals surface area contributed by atoms with Crippen molar-refractivity contribution in [1.29, 1.82) is 0 Å². The van der Waals surface area contributed by atoms with Gasteiger partial charge in [-0.3, -0.25) is 4.79 Å². The molecule has 0 saturated carbocycles.